The molecule has 0 aromatic carbocycles. The van der Waals surface area contributed by atoms with Crippen molar-refractivity contribution < 1.29 is 4.74 Å². The van der Waals surface area contributed by atoms with Crippen molar-refractivity contribution in [2.24, 2.45) is 11.8 Å². The van der Waals surface area contributed by atoms with Crippen LogP contribution in [0.4, 0.5) is 11.8 Å². The maximum atomic E-state index is 5.64. The minimum Gasteiger partial charge on any atom is -0.378 e. The first-order chi connectivity index (χ1) is 8.33. The highest BCUT2D eigenvalue weighted by atomic mass is 16.5. The van der Waals surface area contributed by atoms with Crippen LogP contribution in [0.5, 0.6) is 0 Å². The van der Waals surface area contributed by atoms with Crippen molar-refractivity contribution in [1.82, 2.24) is 9.97 Å². The molecule has 1 saturated heterocycles. The second-order valence-electron chi connectivity index (χ2n) is 4.16. The van der Waals surface area contributed by atoms with Gasteiger partial charge in [0.2, 0.25) is 5.95 Å². The van der Waals surface area contributed by atoms with Gasteiger partial charge in [-0.2, -0.15) is 4.98 Å². The molecule has 2 rings (SSSR count). The summed E-state index contributed by atoms with van der Waals surface area (Å²) in [4.78, 5) is 8.16. The Morgan fingerprint density at radius 2 is 2.47 bits per heavy atom. The lowest BCUT2D eigenvalue weighted by atomic mass is 10.00. The third-order valence-electron chi connectivity index (χ3n) is 3.08. The zero-order valence-corrected chi connectivity index (χ0v) is 10.0. The van der Waals surface area contributed by atoms with Crippen LogP contribution < -0.4 is 16.6 Å². The number of hydrogen-bond acceptors (Lipinski definition) is 6. The zero-order chi connectivity index (χ0) is 12.1. The van der Waals surface area contributed by atoms with Crippen molar-refractivity contribution in [3.63, 3.8) is 0 Å². The molecule has 1 aromatic heterocycles. The molecule has 6 nitrogen and oxygen atoms in total. The molecular weight excluding hydrogens is 218 g/mol. The van der Waals surface area contributed by atoms with Crippen LogP contribution in [-0.4, -0.2) is 29.2 Å². The van der Waals surface area contributed by atoms with Crippen molar-refractivity contribution in [1.29, 1.82) is 0 Å². The number of nitrogens with zero attached hydrogens (tertiary/aromatic N) is 2. The van der Waals surface area contributed by atoms with Gasteiger partial charge >= 0.3 is 0 Å². The number of nitrogen functional groups attached to an aromatic ring is 1. The number of aromatic nitrogens is 2. The quantitative estimate of drug-likeness (QED) is 0.523. The van der Waals surface area contributed by atoms with Gasteiger partial charge in [0.25, 0.3) is 0 Å². The van der Waals surface area contributed by atoms with Crippen molar-refractivity contribution in [2.75, 3.05) is 23.9 Å². The average molecular weight is 237 g/mol. The molecule has 17 heavy (non-hydrogen) atoms. The average Bonchev–Trinajstić information content (AvgIpc) is 2.84. The summed E-state index contributed by atoms with van der Waals surface area (Å²) >= 11 is 0. The fourth-order valence-corrected chi connectivity index (χ4v) is 2.14. The molecule has 2 unspecified atom stereocenters. The van der Waals surface area contributed by atoms with Crippen molar-refractivity contribution in [3.05, 3.63) is 12.3 Å². The lowest BCUT2D eigenvalue weighted by molar-refractivity contribution is 0.0900. The highest BCUT2D eigenvalue weighted by molar-refractivity contribution is 5.38. The Bertz CT molecular complexity index is 359. The molecule has 1 fully saturated rings. The fourth-order valence-electron chi connectivity index (χ4n) is 2.14. The van der Waals surface area contributed by atoms with Gasteiger partial charge < -0.3 is 10.1 Å². The Kier molecular flexibility index (Phi) is 4.11. The first-order valence-corrected chi connectivity index (χ1v) is 5.98. The molecule has 2 atom stereocenters. The summed E-state index contributed by atoms with van der Waals surface area (Å²) in [5, 5.41) is 3.30. The van der Waals surface area contributed by atoms with Gasteiger partial charge in [-0.1, -0.05) is 6.92 Å². The maximum Gasteiger partial charge on any atom is 0.239 e. The van der Waals surface area contributed by atoms with Crippen LogP contribution in [0.2, 0.25) is 0 Å². The van der Waals surface area contributed by atoms with Gasteiger partial charge in [-0.05, 0) is 18.9 Å². The Hall–Kier alpha value is -1.40. The highest BCUT2D eigenvalue weighted by Crippen LogP contribution is 2.23. The van der Waals surface area contributed by atoms with E-state index in [2.05, 4.69) is 27.6 Å². The predicted octanol–water partition coefficient (Wildman–Crippen LogP) is 0.989. The molecule has 1 aromatic rings. The van der Waals surface area contributed by atoms with E-state index in [4.69, 9.17) is 10.6 Å². The number of hydrazine groups is 1. The summed E-state index contributed by atoms with van der Waals surface area (Å²) in [6.07, 6.45) is 4.22. The normalized spacial score (nSPS) is 23.6. The number of hydrogen-bond donors (Lipinski definition) is 3. The molecule has 0 amide bonds. The van der Waals surface area contributed by atoms with E-state index in [-0.39, 0.29) is 0 Å². The van der Waals surface area contributed by atoms with Crippen LogP contribution in [0.1, 0.15) is 19.8 Å². The summed E-state index contributed by atoms with van der Waals surface area (Å²) in [5.41, 5.74) is 2.43. The van der Waals surface area contributed by atoms with E-state index in [9.17, 15) is 0 Å². The standard InChI is InChI=1S/C11H19N5O/c1-2-9-8(4-6-17-9)7-14-10-3-5-13-11(15-10)16-12/h3,5,8-9H,2,4,6-7,12H2,1H3,(H2,13,14,15,16). The Balaban J connectivity index is 1.88. The number of anilines is 2. The number of nitrogens with two attached hydrogens (primary N) is 1. The fraction of sp³-hybridized carbons (Fsp3) is 0.636. The molecule has 1 aliphatic heterocycles. The summed E-state index contributed by atoms with van der Waals surface area (Å²) in [7, 11) is 0. The van der Waals surface area contributed by atoms with Gasteiger partial charge in [-0.25, -0.2) is 10.8 Å². The third-order valence-corrected chi connectivity index (χ3v) is 3.08. The smallest absolute Gasteiger partial charge is 0.239 e. The van der Waals surface area contributed by atoms with Crippen molar-refractivity contribution in [3.8, 4) is 0 Å². The Labute approximate surface area is 101 Å². The lowest BCUT2D eigenvalue weighted by Crippen LogP contribution is -2.23. The van der Waals surface area contributed by atoms with Crippen LogP contribution in [0, 0.1) is 5.92 Å². The monoisotopic (exact) mass is 237 g/mol. The number of ether oxygens (including phenoxy) is 1. The molecule has 0 aliphatic carbocycles. The first-order valence-electron chi connectivity index (χ1n) is 5.98. The molecule has 2 heterocycles. The minimum absolute atomic E-state index is 0.372. The summed E-state index contributed by atoms with van der Waals surface area (Å²) in [6.45, 7) is 3.90. The van der Waals surface area contributed by atoms with E-state index < -0.39 is 0 Å². The van der Waals surface area contributed by atoms with Gasteiger partial charge in [0.15, 0.2) is 0 Å². The van der Waals surface area contributed by atoms with Crippen LogP contribution in [0.15, 0.2) is 12.3 Å². The molecule has 94 valence electrons. The van der Waals surface area contributed by atoms with E-state index in [1.54, 1.807) is 6.20 Å². The van der Waals surface area contributed by atoms with Crippen molar-refractivity contribution >= 4 is 11.8 Å². The second-order valence-corrected chi connectivity index (χ2v) is 4.16. The summed E-state index contributed by atoms with van der Waals surface area (Å²) < 4.78 is 5.64. The predicted molar refractivity (Wildman–Crippen MR) is 66.5 cm³/mol. The highest BCUT2D eigenvalue weighted by Gasteiger charge is 2.26. The van der Waals surface area contributed by atoms with Gasteiger partial charge in [0.1, 0.15) is 5.82 Å². The van der Waals surface area contributed by atoms with E-state index in [0.717, 1.165) is 31.8 Å². The molecule has 4 N–H and O–H groups in total. The molecule has 0 saturated carbocycles. The topological polar surface area (TPSA) is 85.1 Å². The van der Waals surface area contributed by atoms with E-state index in [1.807, 2.05) is 6.07 Å². The molecular formula is C11H19N5O. The van der Waals surface area contributed by atoms with Crippen molar-refractivity contribution in [2.45, 2.75) is 25.9 Å². The van der Waals surface area contributed by atoms with E-state index in [0.29, 0.717) is 18.0 Å². The largest absolute Gasteiger partial charge is 0.378 e. The van der Waals surface area contributed by atoms with Crippen LogP contribution in [0.3, 0.4) is 0 Å². The third kappa shape index (κ3) is 3.04. The van der Waals surface area contributed by atoms with Crippen LogP contribution in [0.25, 0.3) is 0 Å². The molecule has 0 radical (unpaired) electrons. The molecule has 0 bridgehead atoms. The number of nitrogens with one attached hydrogen (secondary N) is 2. The summed E-state index contributed by atoms with van der Waals surface area (Å²) in [6, 6.07) is 1.83. The van der Waals surface area contributed by atoms with Gasteiger partial charge in [0.05, 0.1) is 6.10 Å². The lowest BCUT2D eigenvalue weighted by Gasteiger charge is -2.17. The Morgan fingerprint density at radius 3 is 3.24 bits per heavy atom. The van der Waals surface area contributed by atoms with Gasteiger partial charge in [-0.15, -0.1) is 0 Å². The van der Waals surface area contributed by atoms with Crippen LogP contribution in [-0.2, 0) is 4.74 Å². The molecule has 1 aliphatic rings. The van der Waals surface area contributed by atoms with Crippen LogP contribution >= 0.6 is 0 Å². The van der Waals surface area contributed by atoms with Gasteiger partial charge in [-0.3, -0.25) is 5.43 Å². The number of rotatable bonds is 5. The summed E-state index contributed by atoms with van der Waals surface area (Å²) in [5.74, 6) is 7.03. The van der Waals surface area contributed by atoms with E-state index >= 15 is 0 Å². The Morgan fingerprint density at radius 1 is 1.59 bits per heavy atom. The zero-order valence-electron chi connectivity index (χ0n) is 10.0. The minimum atomic E-state index is 0.372. The molecule has 0 spiro atoms. The van der Waals surface area contributed by atoms with E-state index in [1.165, 1.54) is 0 Å². The SMILES string of the molecule is CCC1OCCC1CNc1ccnc(NN)n1. The maximum absolute atomic E-state index is 5.64. The first kappa shape index (κ1) is 12.1. The van der Waals surface area contributed by atoms with Gasteiger partial charge in [0, 0.05) is 25.3 Å². The second kappa shape index (κ2) is 5.79. The molecule has 6 heteroatoms.